The lowest BCUT2D eigenvalue weighted by molar-refractivity contribution is -0.140. The van der Waals surface area contributed by atoms with Gasteiger partial charge in [-0.15, -0.1) is 35.3 Å². The monoisotopic (exact) mass is 451 g/mol. The number of likely N-dealkylation sites (N-methyl/N-ethyl adjacent to an activating group) is 1. The van der Waals surface area contributed by atoms with E-state index in [0.29, 0.717) is 17.5 Å². The van der Waals surface area contributed by atoms with Crippen molar-refractivity contribution in [2.24, 2.45) is 4.99 Å². The van der Waals surface area contributed by atoms with Gasteiger partial charge in [0.05, 0.1) is 6.54 Å². The fourth-order valence-electron chi connectivity index (χ4n) is 1.43. The highest BCUT2D eigenvalue weighted by Crippen LogP contribution is 2.29. The summed E-state index contributed by atoms with van der Waals surface area (Å²) in [5.74, 6) is 0.545. The van der Waals surface area contributed by atoms with Crippen molar-refractivity contribution in [3.63, 3.8) is 0 Å². The highest BCUT2D eigenvalue weighted by Gasteiger charge is 2.33. The number of nitrogens with zero attached hydrogens (tertiary/aromatic N) is 3. The predicted octanol–water partition coefficient (Wildman–Crippen LogP) is 2.40. The van der Waals surface area contributed by atoms with Gasteiger partial charge < -0.3 is 15.5 Å². The van der Waals surface area contributed by atoms with Gasteiger partial charge in [-0.2, -0.15) is 13.2 Å². The first-order valence-electron chi connectivity index (χ1n) is 6.51. The Morgan fingerprint density at radius 1 is 1.41 bits per heavy atom. The largest absolute Gasteiger partial charge is 0.434 e. The Balaban J connectivity index is 0.00000441. The molecule has 0 atom stereocenters. The van der Waals surface area contributed by atoms with E-state index >= 15 is 0 Å². The van der Waals surface area contributed by atoms with Crippen molar-refractivity contribution in [1.82, 2.24) is 20.5 Å². The topological polar surface area (TPSA) is 52.5 Å². The number of hydrogen-bond acceptors (Lipinski definition) is 4. The van der Waals surface area contributed by atoms with E-state index in [1.165, 1.54) is 0 Å². The number of alkyl halides is 3. The number of thiazole rings is 1. The lowest BCUT2D eigenvalue weighted by Gasteiger charge is -2.16. The smallest absolute Gasteiger partial charge is 0.355 e. The summed E-state index contributed by atoms with van der Waals surface area (Å²) in [5.41, 5.74) is -0.850. The maximum atomic E-state index is 12.4. The zero-order valence-electron chi connectivity index (χ0n) is 12.7. The molecule has 1 rings (SSSR count). The number of aliphatic imine (C=N–C) groups is 1. The van der Waals surface area contributed by atoms with Crippen LogP contribution < -0.4 is 10.6 Å². The van der Waals surface area contributed by atoms with Gasteiger partial charge in [-0.1, -0.05) is 6.92 Å². The van der Waals surface area contributed by atoms with Gasteiger partial charge in [0.25, 0.3) is 0 Å². The fraction of sp³-hybridized carbons (Fsp3) is 0.667. The minimum absolute atomic E-state index is 0. The van der Waals surface area contributed by atoms with Crippen LogP contribution in [0.3, 0.4) is 0 Å². The zero-order valence-corrected chi connectivity index (χ0v) is 15.8. The van der Waals surface area contributed by atoms with E-state index in [-0.39, 0.29) is 30.5 Å². The molecule has 10 heteroatoms. The summed E-state index contributed by atoms with van der Waals surface area (Å²) in [6.45, 7) is 4.78. The minimum atomic E-state index is -4.39. The van der Waals surface area contributed by atoms with Crippen molar-refractivity contribution in [2.45, 2.75) is 19.6 Å². The van der Waals surface area contributed by atoms with E-state index in [4.69, 9.17) is 0 Å². The molecule has 0 aliphatic rings. The number of aromatic nitrogens is 1. The standard InChI is InChI=1S/C12H20F3N5S.HI/c1-4-20(3)6-5-17-11(16-2)18-7-10-19-9(8-21-10)12(13,14)15;/h8H,4-7H2,1-3H3,(H2,16,17,18);1H. The molecule has 0 aromatic carbocycles. The van der Waals surface area contributed by atoms with Crippen LogP contribution in [0.15, 0.2) is 10.4 Å². The number of rotatable bonds is 6. The summed E-state index contributed by atoms with van der Waals surface area (Å²) in [6.07, 6.45) is -4.39. The van der Waals surface area contributed by atoms with Gasteiger partial charge in [-0.05, 0) is 13.6 Å². The highest BCUT2D eigenvalue weighted by atomic mass is 127. The first kappa shape index (κ1) is 21.4. The molecular formula is C12H21F3IN5S. The molecule has 0 spiro atoms. The second kappa shape index (κ2) is 10.2. The Morgan fingerprint density at radius 3 is 2.59 bits per heavy atom. The summed E-state index contributed by atoms with van der Waals surface area (Å²) in [7, 11) is 3.62. The molecule has 0 saturated carbocycles. The fourth-order valence-corrected chi connectivity index (χ4v) is 2.17. The predicted molar refractivity (Wildman–Crippen MR) is 93.9 cm³/mol. The third-order valence-electron chi connectivity index (χ3n) is 2.80. The number of guanidine groups is 1. The van der Waals surface area contributed by atoms with E-state index in [2.05, 4.69) is 32.4 Å². The van der Waals surface area contributed by atoms with Gasteiger partial charge in [-0.3, -0.25) is 4.99 Å². The van der Waals surface area contributed by atoms with E-state index < -0.39 is 11.9 Å². The van der Waals surface area contributed by atoms with Crippen molar-refractivity contribution in [2.75, 3.05) is 33.7 Å². The molecule has 0 saturated heterocycles. The molecule has 1 aromatic rings. The summed E-state index contributed by atoms with van der Waals surface area (Å²) in [5, 5.41) is 7.43. The molecule has 22 heavy (non-hydrogen) atoms. The quantitative estimate of drug-likeness (QED) is 0.397. The lowest BCUT2D eigenvalue weighted by Crippen LogP contribution is -2.40. The Hall–Kier alpha value is -0.620. The molecule has 5 nitrogen and oxygen atoms in total. The second-order valence-electron chi connectivity index (χ2n) is 4.37. The van der Waals surface area contributed by atoms with Gasteiger partial charge in [0, 0.05) is 25.5 Å². The highest BCUT2D eigenvalue weighted by molar-refractivity contribution is 14.0. The van der Waals surface area contributed by atoms with Crippen molar-refractivity contribution >= 4 is 41.3 Å². The van der Waals surface area contributed by atoms with Crippen molar-refractivity contribution in [1.29, 1.82) is 0 Å². The molecule has 0 amide bonds. The second-order valence-corrected chi connectivity index (χ2v) is 5.32. The average Bonchev–Trinajstić information content (AvgIpc) is 2.91. The first-order valence-corrected chi connectivity index (χ1v) is 7.39. The minimum Gasteiger partial charge on any atom is -0.355 e. The van der Waals surface area contributed by atoms with Crippen LogP contribution in [0.5, 0.6) is 0 Å². The maximum Gasteiger partial charge on any atom is 0.434 e. The molecule has 0 aliphatic carbocycles. The van der Waals surface area contributed by atoms with E-state index in [0.717, 1.165) is 29.8 Å². The van der Waals surface area contributed by atoms with Crippen LogP contribution in [0.4, 0.5) is 13.2 Å². The molecule has 1 heterocycles. The summed E-state index contributed by atoms with van der Waals surface area (Å²) >= 11 is 0.977. The van der Waals surface area contributed by atoms with Crippen molar-refractivity contribution in [3.05, 3.63) is 16.1 Å². The van der Waals surface area contributed by atoms with Crippen molar-refractivity contribution < 1.29 is 13.2 Å². The molecule has 0 unspecified atom stereocenters. The van der Waals surface area contributed by atoms with E-state index in [1.54, 1.807) is 7.05 Å². The zero-order chi connectivity index (χ0) is 15.9. The lowest BCUT2D eigenvalue weighted by atomic mass is 10.5. The molecule has 0 bridgehead atoms. The Morgan fingerprint density at radius 2 is 2.09 bits per heavy atom. The number of nitrogens with one attached hydrogen (secondary N) is 2. The summed E-state index contributed by atoms with van der Waals surface area (Å²) in [6, 6.07) is 0. The van der Waals surface area contributed by atoms with Crippen LogP contribution in [0.25, 0.3) is 0 Å². The maximum absolute atomic E-state index is 12.4. The van der Waals surface area contributed by atoms with Crippen molar-refractivity contribution in [3.8, 4) is 0 Å². The molecular weight excluding hydrogens is 430 g/mol. The van der Waals surface area contributed by atoms with Gasteiger partial charge >= 0.3 is 6.18 Å². The molecule has 1 aromatic heterocycles. The molecule has 128 valence electrons. The molecule has 0 fully saturated rings. The Kier molecular flexibility index (Phi) is 9.92. The van der Waals surface area contributed by atoms with Crippen LogP contribution in [0, 0.1) is 0 Å². The Labute approximate surface area is 149 Å². The third kappa shape index (κ3) is 7.58. The third-order valence-corrected chi connectivity index (χ3v) is 3.65. The number of halogens is 4. The summed E-state index contributed by atoms with van der Waals surface area (Å²) < 4.78 is 37.3. The van der Waals surface area contributed by atoms with Crippen LogP contribution >= 0.6 is 35.3 Å². The average molecular weight is 451 g/mol. The van der Waals surface area contributed by atoms with Crippen LogP contribution in [0.1, 0.15) is 17.6 Å². The van der Waals surface area contributed by atoms with Gasteiger partial charge in [0.15, 0.2) is 11.7 Å². The molecule has 0 radical (unpaired) electrons. The van der Waals surface area contributed by atoms with Crippen LogP contribution in [-0.2, 0) is 12.7 Å². The number of hydrogen-bond donors (Lipinski definition) is 2. The van der Waals surface area contributed by atoms with Gasteiger partial charge in [0.1, 0.15) is 5.01 Å². The Bertz CT molecular complexity index is 464. The van der Waals surface area contributed by atoms with E-state index in [1.807, 2.05) is 7.05 Å². The first-order chi connectivity index (χ1) is 9.86. The molecule has 0 aliphatic heterocycles. The van der Waals surface area contributed by atoms with Gasteiger partial charge in [-0.25, -0.2) is 4.98 Å². The van der Waals surface area contributed by atoms with Crippen LogP contribution in [0.2, 0.25) is 0 Å². The summed E-state index contributed by atoms with van der Waals surface area (Å²) in [4.78, 5) is 9.70. The van der Waals surface area contributed by atoms with E-state index in [9.17, 15) is 13.2 Å². The molecule has 2 N–H and O–H groups in total. The normalized spacial score (nSPS) is 12.2. The van der Waals surface area contributed by atoms with Crippen LogP contribution in [-0.4, -0.2) is 49.6 Å². The van der Waals surface area contributed by atoms with Gasteiger partial charge in [0.2, 0.25) is 0 Å². The SMILES string of the molecule is CCN(C)CCNC(=NC)NCc1nc(C(F)(F)F)cs1.I.